The Labute approximate surface area is 132 Å². The quantitative estimate of drug-likeness (QED) is 0.619. The van der Waals surface area contributed by atoms with Gasteiger partial charge in [0.1, 0.15) is 11.8 Å². The van der Waals surface area contributed by atoms with Crippen molar-refractivity contribution in [2.24, 2.45) is 0 Å². The van der Waals surface area contributed by atoms with Gasteiger partial charge in [-0.2, -0.15) is 5.26 Å². The van der Waals surface area contributed by atoms with Gasteiger partial charge < -0.3 is 4.43 Å². The van der Waals surface area contributed by atoms with Crippen LogP contribution in [-0.2, 0) is 0 Å². The fraction of sp³-hybridized carbons (Fsp3) is 0.562. The molecule has 0 radical (unpaired) electrons. The number of benzene rings is 1. The first-order valence-corrected chi connectivity index (χ1v) is 10.1. The summed E-state index contributed by atoms with van der Waals surface area (Å²) < 4.78 is 7.37. The Kier molecular flexibility index (Phi) is 5.85. The number of nitriles is 1. The zero-order chi connectivity index (χ0) is 15.5. The minimum atomic E-state index is -1.95. The molecule has 0 bridgehead atoms. The van der Waals surface area contributed by atoms with Gasteiger partial charge in [-0.15, -0.1) is 0 Å². The summed E-state index contributed by atoms with van der Waals surface area (Å²) in [5.74, 6) is 0.826. The van der Waals surface area contributed by atoms with Crippen molar-refractivity contribution < 1.29 is 4.43 Å². The second kappa shape index (κ2) is 6.78. The second-order valence-corrected chi connectivity index (χ2v) is 12.4. The molecule has 110 valence electrons. The van der Waals surface area contributed by atoms with E-state index in [1.165, 1.54) is 0 Å². The summed E-state index contributed by atoms with van der Waals surface area (Å²) in [6, 6.07) is 7.90. The maximum Gasteiger partial charge on any atom is 0.258 e. The summed E-state index contributed by atoms with van der Waals surface area (Å²) in [7, 11) is -1.95. The third-order valence-corrected chi connectivity index (χ3v) is 10.8. The first-order valence-electron chi connectivity index (χ1n) is 7.14. The molecule has 0 unspecified atom stereocenters. The highest BCUT2D eigenvalue weighted by Gasteiger charge is 2.46. The highest BCUT2D eigenvalue weighted by molar-refractivity contribution is 9.10. The molecule has 0 saturated carbocycles. The van der Waals surface area contributed by atoms with E-state index in [1.54, 1.807) is 0 Å². The van der Waals surface area contributed by atoms with E-state index in [1.807, 2.05) is 18.2 Å². The molecule has 4 heteroatoms. The van der Waals surface area contributed by atoms with Crippen LogP contribution in [0, 0.1) is 11.3 Å². The summed E-state index contributed by atoms with van der Waals surface area (Å²) in [6.07, 6.45) is 0. The molecule has 0 amide bonds. The van der Waals surface area contributed by atoms with Crippen molar-refractivity contribution in [3.63, 3.8) is 0 Å². The largest absolute Gasteiger partial charge is 0.543 e. The minimum absolute atomic E-state index is 0.525. The van der Waals surface area contributed by atoms with E-state index in [4.69, 9.17) is 9.69 Å². The van der Waals surface area contributed by atoms with Gasteiger partial charge >= 0.3 is 0 Å². The lowest BCUT2D eigenvalue weighted by Gasteiger charge is -2.42. The van der Waals surface area contributed by atoms with Gasteiger partial charge in [0, 0.05) is 4.47 Å². The summed E-state index contributed by atoms with van der Waals surface area (Å²) in [5.41, 5.74) is 2.20. The van der Waals surface area contributed by atoms with Crippen LogP contribution in [0.4, 0.5) is 0 Å². The van der Waals surface area contributed by atoms with Crippen molar-refractivity contribution in [2.75, 3.05) is 0 Å². The number of rotatable bonds is 5. The molecule has 0 spiro atoms. The summed E-state index contributed by atoms with van der Waals surface area (Å²) in [6.45, 7) is 13.6. The van der Waals surface area contributed by atoms with Crippen LogP contribution in [0.15, 0.2) is 22.7 Å². The Morgan fingerprint density at radius 1 is 1.05 bits per heavy atom. The topological polar surface area (TPSA) is 33.0 Å². The molecule has 0 heterocycles. The van der Waals surface area contributed by atoms with Crippen molar-refractivity contribution in [1.82, 2.24) is 0 Å². The molecule has 0 atom stereocenters. The molecular formula is C16H24BrNOSi. The first kappa shape index (κ1) is 17.3. The third-order valence-electron chi connectivity index (χ3n) is 4.06. The highest BCUT2D eigenvalue weighted by atomic mass is 79.9. The van der Waals surface area contributed by atoms with Crippen molar-refractivity contribution in [2.45, 2.75) is 58.2 Å². The van der Waals surface area contributed by atoms with Gasteiger partial charge in [0.15, 0.2) is 0 Å². The van der Waals surface area contributed by atoms with Crippen LogP contribution in [0.3, 0.4) is 0 Å². The lowest BCUT2D eigenvalue weighted by Crippen LogP contribution is -2.50. The van der Waals surface area contributed by atoms with Crippen LogP contribution < -0.4 is 4.43 Å². The molecule has 0 aliphatic rings. The zero-order valence-corrected chi connectivity index (χ0v) is 15.8. The predicted molar refractivity (Wildman–Crippen MR) is 90.5 cm³/mol. The maximum absolute atomic E-state index is 9.14. The van der Waals surface area contributed by atoms with Gasteiger partial charge in [0.25, 0.3) is 8.32 Å². The molecule has 0 aliphatic heterocycles. The van der Waals surface area contributed by atoms with Crippen molar-refractivity contribution in [3.05, 3.63) is 28.2 Å². The van der Waals surface area contributed by atoms with Crippen LogP contribution in [0.2, 0.25) is 16.6 Å². The fourth-order valence-electron chi connectivity index (χ4n) is 3.21. The van der Waals surface area contributed by atoms with E-state index in [0.29, 0.717) is 22.2 Å². The predicted octanol–water partition coefficient (Wildman–Crippen LogP) is 5.88. The Morgan fingerprint density at radius 3 is 1.95 bits per heavy atom. The Balaban J connectivity index is 3.24. The summed E-state index contributed by atoms with van der Waals surface area (Å²) in [4.78, 5) is 0. The lowest BCUT2D eigenvalue weighted by molar-refractivity contribution is 0.479. The molecule has 1 aromatic rings. The summed E-state index contributed by atoms with van der Waals surface area (Å²) in [5, 5.41) is 9.14. The van der Waals surface area contributed by atoms with Gasteiger partial charge in [0.05, 0.1) is 5.56 Å². The van der Waals surface area contributed by atoms with Gasteiger partial charge in [-0.05, 0) is 50.8 Å². The van der Waals surface area contributed by atoms with Crippen molar-refractivity contribution >= 4 is 24.2 Å². The monoisotopic (exact) mass is 353 g/mol. The van der Waals surface area contributed by atoms with Crippen LogP contribution in [0.25, 0.3) is 0 Å². The number of halogens is 1. The van der Waals surface area contributed by atoms with Gasteiger partial charge in [-0.3, -0.25) is 0 Å². The van der Waals surface area contributed by atoms with E-state index in [2.05, 4.69) is 63.5 Å². The average Bonchev–Trinajstić information content (AvgIpc) is 2.36. The van der Waals surface area contributed by atoms with Crippen LogP contribution >= 0.6 is 15.9 Å². The van der Waals surface area contributed by atoms with Gasteiger partial charge in [-0.1, -0.05) is 41.5 Å². The number of nitrogens with zero attached hydrogens (tertiary/aromatic N) is 1. The second-order valence-electron chi connectivity index (χ2n) is 6.17. The highest BCUT2D eigenvalue weighted by Crippen LogP contribution is 2.43. The minimum Gasteiger partial charge on any atom is -0.543 e. The zero-order valence-electron chi connectivity index (χ0n) is 13.2. The molecule has 20 heavy (non-hydrogen) atoms. The molecule has 0 aliphatic carbocycles. The first-order chi connectivity index (χ1) is 9.25. The molecule has 0 fully saturated rings. The SMILES string of the molecule is CC(C)[Si](Oc1ccc(Br)c(C#N)c1)(C(C)C)C(C)C. The van der Waals surface area contributed by atoms with E-state index < -0.39 is 8.32 Å². The van der Waals surface area contributed by atoms with Crippen molar-refractivity contribution in [3.8, 4) is 11.8 Å². The lowest BCUT2D eigenvalue weighted by atomic mass is 10.2. The average molecular weight is 354 g/mol. The van der Waals surface area contributed by atoms with E-state index in [0.717, 1.165) is 10.2 Å². The molecule has 1 aromatic carbocycles. The third kappa shape index (κ3) is 3.26. The number of hydrogen-bond acceptors (Lipinski definition) is 2. The molecular weight excluding hydrogens is 330 g/mol. The molecule has 0 aromatic heterocycles. The van der Waals surface area contributed by atoms with Gasteiger partial charge in [0.2, 0.25) is 0 Å². The summed E-state index contributed by atoms with van der Waals surface area (Å²) >= 11 is 3.39. The number of hydrogen-bond donors (Lipinski definition) is 0. The van der Waals surface area contributed by atoms with E-state index in [-0.39, 0.29) is 0 Å². The molecule has 2 nitrogen and oxygen atoms in total. The Hall–Kier alpha value is -0.793. The molecule has 0 N–H and O–H groups in total. The van der Waals surface area contributed by atoms with E-state index in [9.17, 15) is 0 Å². The van der Waals surface area contributed by atoms with Crippen molar-refractivity contribution in [1.29, 1.82) is 5.26 Å². The fourth-order valence-corrected chi connectivity index (χ4v) is 8.79. The Morgan fingerprint density at radius 2 is 1.55 bits per heavy atom. The standard InChI is InChI=1S/C16H24BrNOSi/c1-11(2)20(12(3)4,13(5)6)19-15-7-8-16(17)14(9-15)10-18/h7-9,11-13H,1-6H3. The van der Waals surface area contributed by atoms with Gasteiger partial charge in [-0.25, -0.2) is 0 Å². The van der Waals surface area contributed by atoms with Crippen LogP contribution in [0.5, 0.6) is 5.75 Å². The van der Waals surface area contributed by atoms with Crippen LogP contribution in [-0.4, -0.2) is 8.32 Å². The Bertz CT molecular complexity index is 484. The van der Waals surface area contributed by atoms with Crippen LogP contribution in [0.1, 0.15) is 47.1 Å². The molecule has 0 saturated heterocycles. The van der Waals surface area contributed by atoms with E-state index >= 15 is 0 Å². The normalized spacial score (nSPS) is 12.1. The molecule has 1 rings (SSSR count). The maximum atomic E-state index is 9.14. The smallest absolute Gasteiger partial charge is 0.258 e.